The first-order chi connectivity index (χ1) is 14.6. The van der Waals surface area contributed by atoms with Crippen LogP contribution in [0.2, 0.25) is 0 Å². The molecule has 0 bridgehead atoms. The molecule has 0 amide bonds. The monoisotopic (exact) mass is 396 g/mol. The van der Waals surface area contributed by atoms with Crippen molar-refractivity contribution in [1.82, 2.24) is 15.0 Å². The number of rotatable bonds is 5. The molecule has 2 aromatic carbocycles. The number of ketones is 1. The molecule has 0 unspecified atom stereocenters. The Morgan fingerprint density at radius 1 is 1.07 bits per heavy atom. The van der Waals surface area contributed by atoms with E-state index in [9.17, 15) is 4.79 Å². The summed E-state index contributed by atoms with van der Waals surface area (Å²) in [6.07, 6.45) is 9.54. The molecule has 0 atom stereocenters. The first-order valence-electron chi connectivity index (χ1n) is 10.4. The van der Waals surface area contributed by atoms with Crippen LogP contribution in [0.25, 0.3) is 22.0 Å². The van der Waals surface area contributed by atoms with E-state index in [-0.39, 0.29) is 17.1 Å². The van der Waals surface area contributed by atoms with Crippen molar-refractivity contribution in [2.75, 3.05) is 5.73 Å². The standard InChI is InChI=1S/C25H24N4O/c1-2-22(30)20-6-3-5-19-21(15-27-23(19)20)25(11-4-12-25)18-9-7-16(8-10-18)17-13-28-24(26)29-14-17/h3,5-10,13-15,27H,2,4,11-12H2,1H3,(H2,26,28,29). The Balaban J connectivity index is 1.56. The molecule has 3 N–H and O–H groups in total. The maximum atomic E-state index is 12.4. The van der Waals surface area contributed by atoms with Crippen molar-refractivity contribution >= 4 is 22.6 Å². The lowest BCUT2D eigenvalue weighted by Gasteiger charge is -2.43. The van der Waals surface area contributed by atoms with E-state index in [0.29, 0.717) is 6.42 Å². The highest BCUT2D eigenvalue weighted by Crippen LogP contribution is 2.51. The van der Waals surface area contributed by atoms with Gasteiger partial charge in [-0.2, -0.15) is 0 Å². The number of aromatic amines is 1. The summed E-state index contributed by atoms with van der Waals surface area (Å²) in [7, 11) is 0. The number of H-pyrrole nitrogens is 1. The summed E-state index contributed by atoms with van der Waals surface area (Å²) in [5.74, 6) is 0.454. The third-order valence-electron chi connectivity index (χ3n) is 6.50. The highest BCUT2D eigenvalue weighted by Gasteiger charge is 2.42. The predicted octanol–water partition coefficient (Wildman–Crippen LogP) is 5.27. The van der Waals surface area contributed by atoms with Crippen LogP contribution in [0.3, 0.4) is 0 Å². The number of Topliss-reactive ketones (excluding diaryl/α,β-unsaturated/α-hetero) is 1. The van der Waals surface area contributed by atoms with Gasteiger partial charge in [-0.3, -0.25) is 4.79 Å². The maximum absolute atomic E-state index is 12.4. The van der Waals surface area contributed by atoms with Crippen LogP contribution in [0.4, 0.5) is 5.95 Å². The summed E-state index contributed by atoms with van der Waals surface area (Å²) in [6, 6.07) is 14.7. The van der Waals surface area contributed by atoms with E-state index in [1.54, 1.807) is 12.4 Å². The molecule has 0 spiro atoms. The van der Waals surface area contributed by atoms with Crippen molar-refractivity contribution in [2.45, 2.75) is 38.0 Å². The second kappa shape index (κ2) is 7.10. The number of hydrogen-bond donors (Lipinski definition) is 2. The molecule has 0 saturated heterocycles. The Bertz CT molecular complexity index is 1220. The molecule has 150 valence electrons. The van der Waals surface area contributed by atoms with Crippen molar-refractivity contribution in [3.05, 3.63) is 77.7 Å². The summed E-state index contributed by atoms with van der Waals surface area (Å²) in [4.78, 5) is 24.0. The molecule has 5 nitrogen and oxygen atoms in total. The number of hydrogen-bond acceptors (Lipinski definition) is 4. The Hall–Kier alpha value is -3.47. The van der Waals surface area contributed by atoms with Gasteiger partial charge in [-0.05, 0) is 35.6 Å². The highest BCUT2D eigenvalue weighted by atomic mass is 16.1. The minimum atomic E-state index is -0.0116. The number of nitrogens with one attached hydrogen (secondary N) is 1. The van der Waals surface area contributed by atoms with Gasteiger partial charge >= 0.3 is 0 Å². The lowest BCUT2D eigenvalue weighted by atomic mass is 9.60. The summed E-state index contributed by atoms with van der Waals surface area (Å²) in [5, 5.41) is 1.16. The zero-order valence-corrected chi connectivity index (χ0v) is 17.0. The van der Waals surface area contributed by atoms with E-state index in [4.69, 9.17) is 5.73 Å². The van der Waals surface area contributed by atoms with Gasteiger partial charge < -0.3 is 10.7 Å². The van der Waals surface area contributed by atoms with Crippen LogP contribution in [-0.4, -0.2) is 20.7 Å². The van der Waals surface area contributed by atoms with E-state index in [1.807, 2.05) is 19.1 Å². The fraction of sp³-hybridized carbons (Fsp3) is 0.240. The summed E-state index contributed by atoms with van der Waals surface area (Å²) < 4.78 is 0. The van der Waals surface area contributed by atoms with Crippen LogP contribution in [0.1, 0.15) is 54.1 Å². The second-order valence-electron chi connectivity index (χ2n) is 8.05. The first-order valence-corrected chi connectivity index (χ1v) is 10.4. The number of nitrogen functional groups attached to an aromatic ring is 1. The molecule has 2 aromatic heterocycles. The van der Waals surface area contributed by atoms with E-state index >= 15 is 0 Å². The SMILES string of the molecule is CCC(=O)c1cccc2c(C3(c4ccc(-c5cnc(N)nc5)cc4)CCC3)c[nH]c12. The Labute approximate surface area is 175 Å². The fourth-order valence-electron chi connectivity index (χ4n) is 4.69. The number of nitrogens with two attached hydrogens (primary N) is 1. The van der Waals surface area contributed by atoms with Gasteiger partial charge in [-0.15, -0.1) is 0 Å². The van der Waals surface area contributed by atoms with Gasteiger partial charge in [0.1, 0.15) is 0 Å². The average molecular weight is 396 g/mol. The maximum Gasteiger partial charge on any atom is 0.219 e. The average Bonchev–Trinajstić information content (AvgIpc) is 3.18. The Morgan fingerprint density at radius 3 is 2.43 bits per heavy atom. The number of aromatic nitrogens is 3. The molecule has 4 aromatic rings. The molecular weight excluding hydrogens is 372 g/mol. The van der Waals surface area contributed by atoms with Crippen molar-refractivity contribution < 1.29 is 4.79 Å². The molecule has 0 radical (unpaired) electrons. The topological polar surface area (TPSA) is 84.7 Å². The van der Waals surface area contributed by atoms with Gasteiger partial charge in [0.25, 0.3) is 0 Å². The lowest BCUT2D eigenvalue weighted by molar-refractivity contribution is 0.0989. The van der Waals surface area contributed by atoms with Gasteiger partial charge in [0, 0.05) is 46.9 Å². The fourth-order valence-corrected chi connectivity index (χ4v) is 4.69. The first kappa shape index (κ1) is 18.6. The normalized spacial score (nSPS) is 15.1. The number of nitrogens with zero attached hydrogens (tertiary/aromatic N) is 2. The zero-order chi connectivity index (χ0) is 20.7. The Morgan fingerprint density at radius 2 is 1.80 bits per heavy atom. The van der Waals surface area contributed by atoms with Gasteiger partial charge in [0.15, 0.2) is 5.78 Å². The molecule has 1 fully saturated rings. The van der Waals surface area contributed by atoms with Crippen LogP contribution in [0, 0.1) is 0 Å². The van der Waals surface area contributed by atoms with Crippen LogP contribution in [0.5, 0.6) is 0 Å². The quantitative estimate of drug-likeness (QED) is 0.450. The summed E-state index contributed by atoms with van der Waals surface area (Å²) in [5.41, 5.74) is 12.0. The molecular formula is C25H24N4O. The Kier molecular flexibility index (Phi) is 4.39. The molecule has 1 aliphatic rings. The third-order valence-corrected chi connectivity index (χ3v) is 6.50. The van der Waals surface area contributed by atoms with Crippen LogP contribution >= 0.6 is 0 Å². The number of para-hydroxylation sites is 1. The number of anilines is 1. The third kappa shape index (κ3) is 2.81. The van der Waals surface area contributed by atoms with Gasteiger partial charge in [0.05, 0.1) is 5.52 Å². The van der Waals surface area contributed by atoms with Crippen molar-refractivity contribution in [3.63, 3.8) is 0 Å². The summed E-state index contributed by atoms with van der Waals surface area (Å²) >= 11 is 0. The van der Waals surface area contributed by atoms with Crippen molar-refractivity contribution in [1.29, 1.82) is 0 Å². The van der Waals surface area contributed by atoms with E-state index in [1.165, 1.54) is 17.5 Å². The van der Waals surface area contributed by atoms with E-state index < -0.39 is 0 Å². The second-order valence-corrected chi connectivity index (χ2v) is 8.05. The van der Waals surface area contributed by atoms with Crippen molar-refractivity contribution in [2.24, 2.45) is 0 Å². The molecule has 1 aliphatic carbocycles. The lowest BCUT2D eigenvalue weighted by Crippen LogP contribution is -2.35. The predicted molar refractivity (Wildman–Crippen MR) is 119 cm³/mol. The van der Waals surface area contributed by atoms with Crippen LogP contribution in [0.15, 0.2) is 61.1 Å². The minimum absolute atomic E-state index is 0.0116. The number of benzene rings is 2. The smallest absolute Gasteiger partial charge is 0.219 e. The number of carbonyl (C=O) groups is 1. The van der Waals surface area contributed by atoms with E-state index in [2.05, 4.69) is 51.5 Å². The van der Waals surface area contributed by atoms with Gasteiger partial charge in [0.2, 0.25) is 5.95 Å². The van der Waals surface area contributed by atoms with E-state index in [0.717, 1.165) is 40.4 Å². The molecule has 5 heteroatoms. The largest absolute Gasteiger partial charge is 0.368 e. The molecule has 1 saturated carbocycles. The van der Waals surface area contributed by atoms with Gasteiger partial charge in [-0.1, -0.05) is 49.7 Å². The minimum Gasteiger partial charge on any atom is -0.368 e. The molecule has 0 aliphatic heterocycles. The van der Waals surface area contributed by atoms with Crippen molar-refractivity contribution in [3.8, 4) is 11.1 Å². The summed E-state index contributed by atoms with van der Waals surface area (Å²) in [6.45, 7) is 1.91. The van der Waals surface area contributed by atoms with Gasteiger partial charge in [-0.25, -0.2) is 9.97 Å². The number of fused-ring (bicyclic) bond motifs is 1. The molecule has 5 rings (SSSR count). The number of carbonyl (C=O) groups excluding carboxylic acids is 1. The zero-order valence-electron chi connectivity index (χ0n) is 17.0. The van der Waals surface area contributed by atoms with Crippen LogP contribution in [-0.2, 0) is 5.41 Å². The van der Waals surface area contributed by atoms with Crippen LogP contribution < -0.4 is 5.73 Å². The highest BCUT2D eigenvalue weighted by molar-refractivity contribution is 6.07. The molecule has 2 heterocycles. The molecule has 30 heavy (non-hydrogen) atoms.